The standard InChI is InChI=1S/C44H59N5O9/c1-5-16-32(39(52)41(54)45-27-36(51)48-38(29-19-12-9-13-20-29)43(56)58-44(2,3)4)46-40(53)34-25-30-22-23-31-26-33(30)49(34)42(55)37(28-17-10-8-11-18-28)47-35(50)21-14-6-7-15-24-57-31/h9,12-13,19-20,22-23,26,28,32,34,37-38H,5-8,10-11,14-18,21,24-25,27H2,1-4H3,(H,45,54)(H,46,53)(H,47,50)(H,48,51)/t32?,34?,37-,38-/m0/s1. The number of hydrogen-bond donors (Lipinski definition) is 4. The van der Waals surface area contributed by atoms with Gasteiger partial charge in [-0.25, -0.2) is 4.79 Å². The molecule has 314 valence electrons. The van der Waals surface area contributed by atoms with Gasteiger partial charge in [-0.1, -0.05) is 81.8 Å². The lowest BCUT2D eigenvalue weighted by atomic mass is 9.83. The van der Waals surface area contributed by atoms with Crippen molar-refractivity contribution in [3.63, 3.8) is 0 Å². The molecule has 14 nitrogen and oxygen atoms in total. The highest BCUT2D eigenvalue weighted by Gasteiger charge is 2.44. The van der Waals surface area contributed by atoms with Gasteiger partial charge in [-0.2, -0.15) is 0 Å². The number of ether oxygens (including phenoxy) is 2. The Hall–Kier alpha value is -5.27. The Balaban J connectivity index is 1.32. The molecule has 1 aliphatic carbocycles. The highest BCUT2D eigenvalue weighted by atomic mass is 16.6. The molecule has 0 aromatic heterocycles. The maximum atomic E-state index is 14.8. The van der Waals surface area contributed by atoms with E-state index in [1.807, 2.05) is 12.1 Å². The molecule has 5 amide bonds. The number of hydrogen-bond acceptors (Lipinski definition) is 9. The van der Waals surface area contributed by atoms with Crippen molar-refractivity contribution in [2.75, 3.05) is 18.1 Å². The average molecular weight is 802 g/mol. The van der Waals surface area contributed by atoms with Gasteiger partial charge in [0.05, 0.1) is 24.9 Å². The maximum Gasteiger partial charge on any atom is 0.333 e. The second-order valence-corrected chi connectivity index (χ2v) is 16.5. The van der Waals surface area contributed by atoms with Crippen LogP contribution < -0.4 is 30.9 Å². The molecule has 58 heavy (non-hydrogen) atoms. The zero-order valence-electron chi connectivity index (χ0n) is 34.2. The van der Waals surface area contributed by atoms with Crippen molar-refractivity contribution in [1.29, 1.82) is 0 Å². The smallest absolute Gasteiger partial charge is 0.333 e. The van der Waals surface area contributed by atoms with Crippen LogP contribution in [0.5, 0.6) is 5.75 Å². The molecule has 0 saturated heterocycles. The zero-order valence-corrected chi connectivity index (χ0v) is 34.2. The van der Waals surface area contributed by atoms with E-state index < -0.39 is 71.7 Å². The molecule has 2 bridgehead atoms. The van der Waals surface area contributed by atoms with Crippen LogP contribution in [0.3, 0.4) is 0 Å². The normalized spacial score (nSPS) is 20.2. The third kappa shape index (κ3) is 11.9. The topological polar surface area (TPSA) is 189 Å². The van der Waals surface area contributed by atoms with Crippen LogP contribution in [0.1, 0.15) is 122 Å². The molecule has 1 fully saturated rings. The summed E-state index contributed by atoms with van der Waals surface area (Å²) in [6, 6.07) is 9.59. The summed E-state index contributed by atoms with van der Waals surface area (Å²) in [5.41, 5.74) is 0.895. The number of anilines is 1. The van der Waals surface area contributed by atoms with Crippen LogP contribution in [0.25, 0.3) is 0 Å². The van der Waals surface area contributed by atoms with Gasteiger partial charge in [-0.3, -0.25) is 33.7 Å². The molecule has 0 spiro atoms. The van der Waals surface area contributed by atoms with Crippen LogP contribution in [-0.2, 0) is 44.7 Å². The number of fused-ring (bicyclic) bond motifs is 1. The molecule has 2 unspecified atom stereocenters. The number of nitrogens with zero attached hydrogens (tertiary/aromatic N) is 1. The minimum absolute atomic E-state index is 0.101. The third-order valence-corrected chi connectivity index (χ3v) is 10.8. The second-order valence-electron chi connectivity index (χ2n) is 16.5. The summed E-state index contributed by atoms with van der Waals surface area (Å²) in [5, 5.41) is 10.7. The number of nitrogens with one attached hydrogen (secondary N) is 4. The van der Waals surface area contributed by atoms with Gasteiger partial charge in [0.2, 0.25) is 23.5 Å². The van der Waals surface area contributed by atoms with Crippen molar-refractivity contribution in [1.82, 2.24) is 21.3 Å². The second kappa shape index (κ2) is 20.4. The molecule has 3 aliphatic rings. The van der Waals surface area contributed by atoms with Crippen LogP contribution >= 0.6 is 0 Å². The fourth-order valence-corrected chi connectivity index (χ4v) is 7.88. The van der Waals surface area contributed by atoms with Crippen LogP contribution in [0, 0.1) is 5.92 Å². The fraction of sp³-hybridized carbons (Fsp3) is 0.568. The largest absolute Gasteiger partial charge is 0.494 e. The zero-order chi connectivity index (χ0) is 41.8. The number of amides is 5. The van der Waals surface area contributed by atoms with Gasteiger partial charge in [-0.05, 0) is 76.0 Å². The maximum absolute atomic E-state index is 14.8. The first kappa shape index (κ1) is 43.8. The lowest BCUT2D eigenvalue weighted by molar-refractivity contribution is -0.158. The first-order valence-electron chi connectivity index (χ1n) is 20.8. The molecule has 2 aliphatic heterocycles. The number of ketones is 1. The quantitative estimate of drug-likeness (QED) is 0.177. The van der Waals surface area contributed by atoms with E-state index in [0.717, 1.165) is 56.9 Å². The van der Waals surface area contributed by atoms with Crippen LogP contribution in [0.2, 0.25) is 0 Å². The Bertz CT molecular complexity index is 1800. The van der Waals surface area contributed by atoms with Gasteiger partial charge in [0.15, 0.2) is 6.04 Å². The number of esters is 1. The number of carbonyl (C=O) groups excluding carboxylic acids is 7. The molecule has 2 heterocycles. The first-order valence-corrected chi connectivity index (χ1v) is 20.8. The van der Waals surface area contributed by atoms with Crippen molar-refractivity contribution in [3.05, 3.63) is 59.7 Å². The predicted molar refractivity (Wildman–Crippen MR) is 217 cm³/mol. The molecule has 4 N–H and O–H groups in total. The summed E-state index contributed by atoms with van der Waals surface area (Å²) >= 11 is 0. The van der Waals surface area contributed by atoms with E-state index in [4.69, 9.17) is 9.47 Å². The number of rotatable bonds is 12. The van der Waals surface area contributed by atoms with E-state index in [1.165, 1.54) is 4.90 Å². The highest BCUT2D eigenvalue weighted by Crippen LogP contribution is 2.38. The van der Waals surface area contributed by atoms with Gasteiger partial charge < -0.3 is 30.7 Å². The van der Waals surface area contributed by atoms with E-state index in [1.54, 1.807) is 64.1 Å². The SMILES string of the molecule is CCCC(NC(=O)C1Cc2ccc3cc2N1C(=O)[C@H](C1CCCCC1)NC(=O)CCCCCCO3)C(=O)C(=O)NCC(=O)N[C@H](C(=O)OC(C)(C)C)c1ccccc1. The summed E-state index contributed by atoms with van der Waals surface area (Å²) in [6.45, 7) is 6.76. The summed E-state index contributed by atoms with van der Waals surface area (Å²) in [5.74, 6) is -4.24. The van der Waals surface area contributed by atoms with E-state index in [-0.39, 0.29) is 24.7 Å². The molecular formula is C44H59N5O9. The predicted octanol–water partition coefficient (Wildman–Crippen LogP) is 4.52. The lowest BCUT2D eigenvalue weighted by Gasteiger charge is -2.35. The van der Waals surface area contributed by atoms with Crippen molar-refractivity contribution < 1.29 is 43.0 Å². The molecule has 1 saturated carbocycles. The summed E-state index contributed by atoms with van der Waals surface area (Å²) in [7, 11) is 0. The fourth-order valence-electron chi connectivity index (χ4n) is 7.88. The first-order chi connectivity index (χ1) is 27.8. The number of carbonyl (C=O) groups is 7. The van der Waals surface area contributed by atoms with E-state index in [0.29, 0.717) is 42.9 Å². The molecule has 2 aromatic rings. The Morgan fingerprint density at radius 3 is 2.33 bits per heavy atom. The minimum atomic E-state index is -1.26. The van der Waals surface area contributed by atoms with Crippen LogP contribution in [0.15, 0.2) is 48.5 Å². The summed E-state index contributed by atoms with van der Waals surface area (Å²) in [4.78, 5) is 96.7. The Labute approximate surface area is 340 Å². The van der Waals surface area contributed by atoms with E-state index >= 15 is 0 Å². The number of benzene rings is 2. The van der Waals surface area contributed by atoms with Crippen molar-refractivity contribution in [3.8, 4) is 5.75 Å². The van der Waals surface area contributed by atoms with Gasteiger partial charge in [0.25, 0.3) is 11.8 Å². The Kier molecular flexibility index (Phi) is 15.4. The average Bonchev–Trinajstić information content (AvgIpc) is 3.58. The summed E-state index contributed by atoms with van der Waals surface area (Å²) < 4.78 is 11.6. The molecule has 4 atom stereocenters. The van der Waals surface area contributed by atoms with Gasteiger partial charge in [0.1, 0.15) is 23.4 Å². The minimum Gasteiger partial charge on any atom is -0.494 e. The van der Waals surface area contributed by atoms with E-state index in [9.17, 15) is 33.6 Å². The molecule has 2 aromatic carbocycles. The highest BCUT2D eigenvalue weighted by molar-refractivity contribution is 6.38. The molecule has 5 rings (SSSR count). The summed E-state index contributed by atoms with van der Waals surface area (Å²) in [6.07, 6.45) is 8.72. The van der Waals surface area contributed by atoms with Gasteiger partial charge in [-0.15, -0.1) is 0 Å². The van der Waals surface area contributed by atoms with Crippen LogP contribution in [0.4, 0.5) is 5.69 Å². The Morgan fingerprint density at radius 1 is 0.914 bits per heavy atom. The van der Waals surface area contributed by atoms with Crippen molar-refractivity contribution in [2.24, 2.45) is 5.92 Å². The van der Waals surface area contributed by atoms with Gasteiger partial charge in [0, 0.05) is 18.9 Å². The van der Waals surface area contributed by atoms with Gasteiger partial charge >= 0.3 is 5.97 Å². The van der Waals surface area contributed by atoms with Crippen LogP contribution in [-0.4, -0.2) is 78.2 Å². The molecule has 0 radical (unpaired) electrons. The molecule has 14 heteroatoms. The molecular weight excluding hydrogens is 743 g/mol. The van der Waals surface area contributed by atoms with Crippen molar-refractivity contribution in [2.45, 2.75) is 141 Å². The number of Topliss-reactive ketones (excluding diaryl/α,β-unsaturated/α-hetero) is 1. The third-order valence-electron chi connectivity index (χ3n) is 10.8. The Morgan fingerprint density at radius 2 is 1.62 bits per heavy atom. The van der Waals surface area contributed by atoms with Crippen molar-refractivity contribution >= 4 is 47.0 Å². The van der Waals surface area contributed by atoms with E-state index in [2.05, 4.69) is 21.3 Å². The lowest BCUT2D eigenvalue weighted by Crippen LogP contribution is -2.59. The monoisotopic (exact) mass is 801 g/mol.